The van der Waals surface area contributed by atoms with Crippen LogP contribution in [0.25, 0.3) is 0 Å². The lowest BCUT2D eigenvalue weighted by Crippen LogP contribution is -2.45. The quantitative estimate of drug-likeness (QED) is 0.865. The Bertz CT molecular complexity index is 646. The molecule has 3 N–H and O–H groups in total. The first-order chi connectivity index (χ1) is 10.2. The molecule has 2 rings (SSSR count). The molecule has 1 aromatic rings. The molecule has 1 fully saturated rings. The summed E-state index contributed by atoms with van der Waals surface area (Å²) < 4.78 is 23.8. The highest BCUT2D eigenvalue weighted by Gasteiger charge is 2.30. The number of rotatable bonds is 4. The molecule has 22 heavy (non-hydrogen) atoms. The third kappa shape index (κ3) is 4.07. The fourth-order valence-corrected chi connectivity index (χ4v) is 4.60. The molecule has 0 aromatic carbocycles. The van der Waals surface area contributed by atoms with Crippen molar-refractivity contribution in [1.29, 1.82) is 0 Å². The number of nitrogens with one attached hydrogen (secondary N) is 1. The molecule has 0 unspecified atom stereocenters. The van der Waals surface area contributed by atoms with Crippen LogP contribution in [0.5, 0.6) is 0 Å². The summed E-state index contributed by atoms with van der Waals surface area (Å²) in [6.07, 6.45) is 1.02. The number of nitrogens with two attached hydrogens (primary N) is 1. The van der Waals surface area contributed by atoms with Gasteiger partial charge in [-0.2, -0.15) is 12.7 Å². The number of aryl methyl sites for hydroxylation is 2. The molecule has 0 aliphatic carbocycles. The summed E-state index contributed by atoms with van der Waals surface area (Å²) in [6, 6.07) is 2.07. The van der Waals surface area contributed by atoms with E-state index in [0.717, 1.165) is 5.56 Å². The lowest BCUT2D eigenvalue weighted by atomic mass is 9.96. The van der Waals surface area contributed by atoms with Crippen LogP contribution in [0.15, 0.2) is 6.07 Å². The first-order valence-electron chi connectivity index (χ1n) is 7.33. The van der Waals surface area contributed by atoms with E-state index in [1.54, 1.807) is 11.3 Å². The maximum Gasteiger partial charge on any atom is 0.276 e. The van der Waals surface area contributed by atoms with Gasteiger partial charge in [-0.25, -0.2) is 5.14 Å². The highest BCUT2D eigenvalue weighted by atomic mass is 32.2. The largest absolute Gasteiger partial charge is 0.349 e. The van der Waals surface area contributed by atoms with E-state index in [-0.39, 0.29) is 17.9 Å². The SMILES string of the molecule is Cc1cc([C@H](C)NC(=O)C2CCN(S(N)(=O)=O)CC2)c(C)s1. The van der Waals surface area contributed by atoms with E-state index in [1.165, 1.54) is 14.1 Å². The van der Waals surface area contributed by atoms with Crippen LogP contribution in [-0.4, -0.2) is 31.7 Å². The molecular weight excluding hydrogens is 322 g/mol. The van der Waals surface area contributed by atoms with Crippen molar-refractivity contribution in [2.45, 2.75) is 39.7 Å². The smallest absolute Gasteiger partial charge is 0.276 e. The molecule has 1 amide bonds. The molecule has 0 radical (unpaired) electrons. The average molecular weight is 345 g/mol. The molecule has 124 valence electrons. The summed E-state index contributed by atoms with van der Waals surface area (Å²) in [6.45, 7) is 6.70. The van der Waals surface area contributed by atoms with Crippen LogP contribution in [0.4, 0.5) is 0 Å². The normalized spacial score (nSPS) is 19.1. The van der Waals surface area contributed by atoms with Crippen LogP contribution in [0.2, 0.25) is 0 Å². The molecule has 1 atom stereocenters. The van der Waals surface area contributed by atoms with E-state index >= 15 is 0 Å². The van der Waals surface area contributed by atoms with Crippen LogP contribution in [0.1, 0.15) is 41.1 Å². The van der Waals surface area contributed by atoms with Gasteiger partial charge in [-0.05, 0) is 45.2 Å². The number of thiophene rings is 1. The number of hydrogen-bond donors (Lipinski definition) is 2. The molecule has 0 bridgehead atoms. The fraction of sp³-hybridized carbons (Fsp3) is 0.643. The number of carbonyl (C=O) groups is 1. The zero-order valence-corrected chi connectivity index (χ0v) is 14.8. The minimum absolute atomic E-state index is 0.00942. The maximum absolute atomic E-state index is 12.3. The summed E-state index contributed by atoms with van der Waals surface area (Å²) in [5.41, 5.74) is 1.15. The summed E-state index contributed by atoms with van der Waals surface area (Å²) >= 11 is 1.72. The first kappa shape index (κ1) is 17.4. The van der Waals surface area contributed by atoms with Gasteiger partial charge < -0.3 is 5.32 Å². The van der Waals surface area contributed by atoms with Gasteiger partial charge in [0.05, 0.1) is 6.04 Å². The van der Waals surface area contributed by atoms with Crippen molar-refractivity contribution in [2.24, 2.45) is 11.1 Å². The predicted molar refractivity (Wildman–Crippen MR) is 87.8 cm³/mol. The topological polar surface area (TPSA) is 92.5 Å². The zero-order valence-electron chi connectivity index (χ0n) is 13.1. The number of nitrogens with zero attached hydrogens (tertiary/aromatic N) is 1. The number of hydrogen-bond acceptors (Lipinski definition) is 4. The minimum atomic E-state index is -3.64. The van der Waals surface area contributed by atoms with Crippen molar-refractivity contribution in [3.8, 4) is 0 Å². The average Bonchev–Trinajstić information content (AvgIpc) is 2.77. The predicted octanol–water partition coefficient (Wildman–Crippen LogP) is 1.46. The maximum atomic E-state index is 12.3. The van der Waals surface area contributed by atoms with Crippen LogP contribution in [0, 0.1) is 19.8 Å². The van der Waals surface area contributed by atoms with Crippen molar-refractivity contribution < 1.29 is 13.2 Å². The molecule has 2 heterocycles. The Balaban J connectivity index is 1.92. The Morgan fingerprint density at radius 3 is 2.45 bits per heavy atom. The second-order valence-corrected chi connectivity index (χ2v) is 8.82. The second-order valence-electron chi connectivity index (χ2n) is 5.82. The highest BCUT2D eigenvalue weighted by Crippen LogP contribution is 2.27. The Morgan fingerprint density at radius 1 is 1.41 bits per heavy atom. The van der Waals surface area contributed by atoms with Gasteiger partial charge in [0.25, 0.3) is 10.2 Å². The molecule has 8 heteroatoms. The van der Waals surface area contributed by atoms with Gasteiger partial charge in [0.2, 0.25) is 5.91 Å². The van der Waals surface area contributed by atoms with E-state index in [0.29, 0.717) is 25.9 Å². The first-order valence-corrected chi connectivity index (χ1v) is 9.65. The lowest BCUT2D eigenvalue weighted by molar-refractivity contribution is -0.126. The van der Waals surface area contributed by atoms with E-state index in [2.05, 4.69) is 25.2 Å². The van der Waals surface area contributed by atoms with Crippen molar-refractivity contribution >= 4 is 27.5 Å². The lowest BCUT2D eigenvalue weighted by Gasteiger charge is -2.29. The summed E-state index contributed by atoms with van der Waals surface area (Å²) in [7, 11) is -3.64. The molecule has 1 aliphatic rings. The monoisotopic (exact) mass is 345 g/mol. The van der Waals surface area contributed by atoms with Crippen molar-refractivity contribution in [3.63, 3.8) is 0 Å². The van der Waals surface area contributed by atoms with Gasteiger partial charge in [-0.15, -0.1) is 11.3 Å². The molecular formula is C14H23N3O3S2. The summed E-state index contributed by atoms with van der Waals surface area (Å²) in [5.74, 6) is -0.162. The summed E-state index contributed by atoms with van der Waals surface area (Å²) in [4.78, 5) is 14.8. The van der Waals surface area contributed by atoms with Gasteiger partial charge in [0.1, 0.15) is 0 Å². The van der Waals surface area contributed by atoms with Crippen molar-refractivity contribution in [2.75, 3.05) is 13.1 Å². The Kier molecular flexibility index (Phi) is 5.26. The van der Waals surface area contributed by atoms with Crippen LogP contribution < -0.4 is 10.5 Å². The molecule has 6 nitrogen and oxygen atoms in total. The van der Waals surface area contributed by atoms with Gasteiger partial charge in [-0.3, -0.25) is 4.79 Å². The van der Waals surface area contributed by atoms with Gasteiger partial charge in [0.15, 0.2) is 0 Å². The second kappa shape index (κ2) is 6.66. The summed E-state index contributed by atoms with van der Waals surface area (Å²) in [5, 5.41) is 8.15. The number of piperidine rings is 1. The van der Waals surface area contributed by atoms with Gasteiger partial charge >= 0.3 is 0 Å². The molecule has 1 aromatic heterocycles. The molecule has 0 saturated carbocycles. The van der Waals surface area contributed by atoms with Crippen molar-refractivity contribution in [3.05, 3.63) is 21.4 Å². The molecule has 0 spiro atoms. The Labute approximate surface area is 135 Å². The van der Waals surface area contributed by atoms with Crippen molar-refractivity contribution in [1.82, 2.24) is 9.62 Å². The van der Waals surface area contributed by atoms with E-state index in [1.807, 2.05) is 6.92 Å². The third-order valence-electron chi connectivity index (χ3n) is 4.09. The standard InChI is InChI=1S/C14H23N3O3S2/c1-9-8-13(11(3)21-9)10(2)16-14(18)12-4-6-17(7-5-12)22(15,19)20/h8,10,12H,4-7H2,1-3H3,(H,16,18)(H2,15,19,20)/t10-/m0/s1. The molecule has 1 saturated heterocycles. The van der Waals surface area contributed by atoms with E-state index < -0.39 is 10.2 Å². The van der Waals surface area contributed by atoms with E-state index in [4.69, 9.17) is 5.14 Å². The van der Waals surface area contributed by atoms with Gasteiger partial charge in [-0.1, -0.05) is 0 Å². The van der Waals surface area contributed by atoms with Gasteiger partial charge in [0, 0.05) is 28.8 Å². The molecule has 1 aliphatic heterocycles. The third-order valence-corrected chi connectivity index (χ3v) is 6.16. The highest BCUT2D eigenvalue weighted by molar-refractivity contribution is 7.86. The Hall–Kier alpha value is -0.960. The minimum Gasteiger partial charge on any atom is -0.349 e. The van der Waals surface area contributed by atoms with Crippen LogP contribution in [0.3, 0.4) is 0 Å². The number of carbonyl (C=O) groups excluding carboxylic acids is 1. The Morgan fingerprint density at radius 2 is 2.00 bits per heavy atom. The van der Waals surface area contributed by atoms with Crippen LogP contribution in [-0.2, 0) is 15.0 Å². The van der Waals surface area contributed by atoms with Crippen LogP contribution >= 0.6 is 11.3 Å². The number of amides is 1. The van der Waals surface area contributed by atoms with E-state index in [9.17, 15) is 13.2 Å². The fourth-order valence-electron chi connectivity index (χ4n) is 2.86. The zero-order chi connectivity index (χ0) is 16.5.